The molecule has 0 N–H and O–H groups in total. The first kappa shape index (κ1) is 8.63. The summed E-state index contributed by atoms with van der Waals surface area (Å²) in [5, 5.41) is 0. The summed E-state index contributed by atoms with van der Waals surface area (Å²) in [7, 11) is 1.53. The van der Waals surface area contributed by atoms with Gasteiger partial charge < -0.3 is 4.74 Å². The molecule has 3 nitrogen and oxygen atoms in total. The van der Waals surface area contributed by atoms with Crippen LogP contribution < -0.4 is 0 Å². The van der Waals surface area contributed by atoms with Crippen molar-refractivity contribution in [3.63, 3.8) is 0 Å². The SMILES string of the molecule is COC12C=CC(CC1)C(=O)CC2=O. The number of ketones is 2. The molecule has 0 aromatic carbocycles. The van der Waals surface area contributed by atoms with E-state index in [4.69, 9.17) is 4.74 Å². The van der Waals surface area contributed by atoms with Gasteiger partial charge in [-0.2, -0.15) is 0 Å². The summed E-state index contributed by atoms with van der Waals surface area (Å²) in [5.74, 6) is -0.0938. The maximum atomic E-state index is 11.6. The lowest BCUT2D eigenvalue weighted by molar-refractivity contribution is -0.137. The van der Waals surface area contributed by atoms with Crippen molar-refractivity contribution >= 4 is 11.6 Å². The molecule has 2 atom stereocenters. The molecule has 0 saturated heterocycles. The molecule has 3 aliphatic rings. The van der Waals surface area contributed by atoms with Crippen LogP contribution in [0.2, 0.25) is 0 Å². The van der Waals surface area contributed by atoms with Crippen LogP contribution in [0, 0.1) is 5.92 Å². The van der Waals surface area contributed by atoms with Gasteiger partial charge in [-0.25, -0.2) is 0 Å². The van der Waals surface area contributed by atoms with E-state index in [1.807, 2.05) is 6.08 Å². The quantitative estimate of drug-likeness (QED) is 0.444. The van der Waals surface area contributed by atoms with Crippen molar-refractivity contribution in [3.8, 4) is 0 Å². The first-order chi connectivity index (χ1) is 6.18. The van der Waals surface area contributed by atoms with E-state index in [1.165, 1.54) is 7.11 Å². The Morgan fingerprint density at radius 3 is 2.85 bits per heavy atom. The normalized spacial score (nSPS) is 38.1. The summed E-state index contributed by atoms with van der Waals surface area (Å²) >= 11 is 0. The van der Waals surface area contributed by atoms with Crippen LogP contribution in [0.3, 0.4) is 0 Å². The summed E-state index contributed by atoms with van der Waals surface area (Å²) in [4.78, 5) is 23.1. The number of carbonyl (C=O) groups is 2. The highest BCUT2D eigenvalue weighted by Gasteiger charge is 2.44. The Balaban J connectivity index is 2.41. The van der Waals surface area contributed by atoms with E-state index in [-0.39, 0.29) is 23.9 Å². The van der Waals surface area contributed by atoms with E-state index in [9.17, 15) is 9.59 Å². The van der Waals surface area contributed by atoms with Crippen molar-refractivity contribution in [1.82, 2.24) is 0 Å². The second-order valence-electron chi connectivity index (χ2n) is 3.66. The fourth-order valence-corrected chi connectivity index (χ4v) is 2.04. The number of allylic oxidation sites excluding steroid dienone is 1. The van der Waals surface area contributed by atoms with Gasteiger partial charge in [0.05, 0.1) is 6.42 Å². The fraction of sp³-hybridized carbons (Fsp3) is 0.600. The van der Waals surface area contributed by atoms with Crippen LogP contribution in [0.1, 0.15) is 19.3 Å². The van der Waals surface area contributed by atoms with Crippen molar-refractivity contribution < 1.29 is 14.3 Å². The number of methoxy groups -OCH3 is 1. The summed E-state index contributed by atoms with van der Waals surface area (Å²) < 4.78 is 5.22. The van der Waals surface area contributed by atoms with Gasteiger partial charge in [-0.3, -0.25) is 9.59 Å². The van der Waals surface area contributed by atoms with E-state index in [1.54, 1.807) is 6.08 Å². The molecule has 13 heavy (non-hydrogen) atoms. The van der Waals surface area contributed by atoms with E-state index in [2.05, 4.69) is 0 Å². The van der Waals surface area contributed by atoms with Gasteiger partial charge in [0.25, 0.3) is 0 Å². The molecule has 1 fully saturated rings. The average Bonchev–Trinajstić information content (AvgIpc) is 2.34. The molecule has 2 bridgehead atoms. The maximum Gasteiger partial charge on any atom is 0.175 e. The highest BCUT2D eigenvalue weighted by atomic mass is 16.5. The topological polar surface area (TPSA) is 43.4 Å². The predicted octanol–water partition coefficient (Wildman–Crippen LogP) is 0.880. The van der Waals surface area contributed by atoms with Crippen LogP contribution in [0.5, 0.6) is 0 Å². The summed E-state index contributed by atoms with van der Waals surface area (Å²) in [5.41, 5.74) is -0.789. The minimum atomic E-state index is -0.789. The smallest absolute Gasteiger partial charge is 0.175 e. The summed E-state index contributed by atoms with van der Waals surface area (Å²) in [6.07, 6.45) is 5.00. The van der Waals surface area contributed by atoms with Gasteiger partial charge in [0.15, 0.2) is 5.78 Å². The van der Waals surface area contributed by atoms with Gasteiger partial charge in [-0.15, -0.1) is 0 Å². The monoisotopic (exact) mass is 180 g/mol. The van der Waals surface area contributed by atoms with Crippen LogP contribution in [0.4, 0.5) is 0 Å². The zero-order valence-electron chi connectivity index (χ0n) is 7.58. The van der Waals surface area contributed by atoms with E-state index in [0.717, 1.165) is 6.42 Å². The van der Waals surface area contributed by atoms with Crippen LogP contribution in [0.25, 0.3) is 0 Å². The number of fused-ring (bicyclic) bond motifs is 3. The average molecular weight is 180 g/mol. The molecular formula is C10H12O3. The Morgan fingerprint density at radius 1 is 1.54 bits per heavy atom. The van der Waals surface area contributed by atoms with Crippen LogP contribution >= 0.6 is 0 Å². The van der Waals surface area contributed by atoms with Gasteiger partial charge in [-0.05, 0) is 18.9 Å². The molecule has 0 heterocycles. The summed E-state index contributed by atoms with van der Waals surface area (Å²) in [6.45, 7) is 0. The predicted molar refractivity (Wildman–Crippen MR) is 46.2 cm³/mol. The number of hydrogen-bond acceptors (Lipinski definition) is 3. The Hall–Kier alpha value is -0.960. The number of rotatable bonds is 1. The molecule has 0 radical (unpaired) electrons. The van der Waals surface area contributed by atoms with Gasteiger partial charge in [0, 0.05) is 13.0 Å². The molecule has 0 spiro atoms. The van der Waals surface area contributed by atoms with Crippen molar-refractivity contribution in [2.24, 2.45) is 5.92 Å². The Morgan fingerprint density at radius 2 is 2.31 bits per heavy atom. The molecule has 0 aromatic heterocycles. The van der Waals surface area contributed by atoms with Crippen molar-refractivity contribution in [2.45, 2.75) is 24.9 Å². The minimum Gasteiger partial charge on any atom is -0.366 e. The van der Waals surface area contributed by atoms with Crippen LogP contribution in [-0.4, -0.2) is 24.3 Å². The highest BCUT2D eigenvalue weighted by Crippen LogP contribution is 2.35. The van der Waals surface area contributed by atoms with E-state index in [0.29, 0.717) is 6.42 Å². The van der Waals surface area contributed by atoms with Crippen molar-refractivity contribution in [2.75, 3.05) is 7.11 Å². The molecular weight excluding hydrogens is 168 g/mol. The molecule has 0 amide bonds. The number of Topliss-reactive ketones (excluding diaryl/α,β-unsaturated/α-hetero) is 2. The first-order valence-electron chi connectivity index (χ1n) is 4.48. The Labute approximate surface area is 76.8 Å². The Bertz CT molecular complexity index is 293. The molecule has 0 aromatic rings. The zero-order valence-corrected chi connectivity index (χ0v) is 7.58. The van der Waals surface area contributed by atoms with Crippen molar-refractivity contribution in [3.05, 3.63) is 12.2 Å². The zero-order chi connectivity index (χ0) is 9.47. The van der Waals surface area contributed by atoms with E-state index >= 15 is 0 Å². The maximum absolute atomic E-state index is 11.6. The fourth-order valence-electron chi connectivity index (χ4n) is 2.04. The van der Waals surface area contributed by atoms with Gasteiger partial charge in [-0.1, -0.05) is 6.08 Å². The highest BCUT2D eigenvalue weighted by molar-refractivity contribution is 6.07. The standard InChI is InChI=1S/C10H12O3/c1-13-10-4-2-7(3-5-10)8(11)6-9(10)12/h2,4,7H,3,5-6H2,1H3. The van der Waals surface area contributed by atoms with Crippen LogP contribution in [-0.2, 0) is 14.3 Å². The molecule has 2 unspecified atom stereocenters. The molecule has 70 valence electrons. The van der Waals surface area contributed by atoms with Crippen LogP contribution in [0.15, 0.2) is 12.2 Å². The van der Waals surface area contributed by atoms with Gasteiger partial charge >= 0.3 is 0 Å². The molecule has 3 rings (SSSR count). The van der Waals surface area contributed by atoms with Gasteiger partial charge in [0.2, 0.25) is 0 Å². The number of hydrogen-bond donors (Lipinski definition) is 0. The molecule has 0 aliphatic heterocycles. The lowest BCUT2D eigenvalue weighted by Gasteiger charge is -2.28. The molecule has 3 heteroatoms. The first-order valence-corrected chi connectivity index (χ1v) is 4.48. The third-order valence-corrected chi connectivity index (χ3v) is 3.01. The number of ether oxygens (including phenoxy) is 1. The number of carbonyl (C=O) groups excluding carboxylic acids is 2. The summed E-state index contributed by atoms with van der Waals surface area (Å²) in [6, 6.07) is 0. The third kappa shape index (κ3) is 1.15. The third-order valence-electron chi connectivity index (χ3n) is 3.01. The second-order valence-corrected chi connectivity index (χ2v) is 3.66. The van der Waals surface area contributed by atoms with E-state index < -0.39 is 5.60 Å². The lowest BCUT2D eigenvalue weighted by Crippen LogP contribution is -2.38. The lowest BCUT2D eigenvalue weighted by atomic mass is 9.86. The van der Waals surface area contributed by atoms with Crippen molar-refractivity contribution in [1.29, 1.82) is 0 Å². The Kier molecular flexibility index (Phi) is 1.84. The van der Waals surface area contributed by atoms with Gasteiger partial charge in [0.1, 0.15) is 11.4 Å². The molecule has 3 aliphatic carbocycles. The largest absolute Gasteiger partial charge is 0.366 e. The second kappa shape index (κ2) is 2.77. The minimum absolute atomic E-state index is 0.0332. The molecule has 1 saturated carbocycles.